The molecule has 0 aliphatic heterocycles. The third-order valence-corrected chi connectivity index (χ3v) is 1.91. The van der Waals surface area contributed by atoms with Crippen molar-refractivity contribution in [2.45, 2.75) is 12.7 Å². The van der Waals surface area contributed by atoms with E-state index in [1.807, 2.05) is 0 Å². The molecule has 0 saturated carbocycles. The zero-order chi connectivity index (χ0) is 12.5. The number of pyridine rings is 1. The van der Waals surface area contributed by atoms with Crippen LogP contribution in [0.5, 0.6) is 0 Å². The quantitative estimate of drug-likeness (QED) is 0.876. The van der Waals surface area contributed by atoms with Crippen LogP contribution in [0.3, 0.4) is 0 Å². The number of carboxylic acid groups (broad SMARTS) is 1. The summed E-state index contributed by atoms with van der Waals surface area (Å²) >= 11 is 5.33. The first-order chi connectivity index (χ1) is 7.20. The van der Waals surface area contributed by atoms with Crippen molar-refractivity contribution >= 4 is 17.6 Å². The third kappa shape index (κ3) is 2.99. The molecule has 0 aliphatic carbocycles. The van der Waals surface area contributed by atoms with Gasteiger partial charge in [-0.25, -0.2) is 4.79 Å². The van der Waals surface area contributed by atoms with Gasteiger partial charge in [0.25, 0.3) is 5.56 Å². The molecule has 0 radical (unpaired) electrons. The highest BCUT2D eigenvalue weighted by molar-refractivity contribution is 6.30. The first-order valence-corrected chi connectivity index (χ1v) is 4.28. The maximum atomic E-state index is 12.0. The van der Waals surface area contributed by atoms with Crippen molar-refractivity contribution in [2.75, 3.05) is 0 Å². The van der Waals surface area contributed by atoms with E-state index in [1.165, 1.54) is 0 Å². The lowest BCUT2D eigenvalue weighted by Gasteiger charge is -2.10. The highest BCUT2D eigenvalue weighted by atomic mass is 35.5. The highest BCUT2D eigenvalue weighted by Gasteiger charge is 2.29. The number of hydrogen-bond acceptors (Lipinski definition) is 2. The van der Waals surface area contributed by atoms with Crippen LogP contribution >= 0.6 is 11.6 Å². The van der Waals surface area contributed by atoms with Crippen LogP contribution in [-0.4, -0.2) is 21.8 Å². The van der Waals surface area contributed by atoms with Crippen LogP contribution in [0.1, 0.15) is 10.4 Å². The Kier molecular flexibility index (Phi) is 3.27. The highest BCUT2D eigenvalue weighted by Crippen LogP contribution is 2.17. The summed E-state index contributed by atoms with van der Waals surface area (Å²) in [4.78, 5) is 21.7. The molecule has 0 fully saturated rings. The fraction of sp³-hybridized carbons (Fsp3) is 0.250. The van der Waals surface area contributed by atoms with Crippen molar-refractivity contribution in [3.63, 3.8) is 0 Å². The lowest BCUT2D eigenvalue weighted by atomic mass is 10.3. The molecule has 4 nitrogen and oxygen atoms in total. The zero-order valence-electron chi connectivity index (χ0n) is 7.58. The van der Waals surface area contributed by atoms with Gasteiger partial charge in [-0.05, 0) is 6.07 Å². The maximum Gasteiger partial charge on any atom is 0.406 e. The van der Waals surface area contributed by atoms with Gasteiger partial charge in [0.05, 0.1) is 5.56 Å². The molecule has 0 aliphatic rings. The van der Waals surface area contributed by atoms with Crippen molar-refractivity contribution < 1.29 is 23.1 Å². The Bertz CT molecular complexity index is 480. The molecule has 16 heavy (non-hydrogen) atoms. The Morgan fingerprint density at radius 3 is 2.50 bits per heavy atom. The Morgan fingerprint density at radius 1 is 1.50 bits per heavy atom. The molecule has 0 saturated heterocycles. The van der Waals surface area contributed by atoms with Crippen LogP contribution < -0.4 is 5.56 Å². The number of nitrogens with zero attached hydrogens (tertiary/aromatic N) is 1. The topological polar surface area (TPSA) is 59.3 Å². The van der Waals surface area contributed by atoms with Crippen molar-refractivity contribution in [2.24, 2.45) is 0 Å². The molecule has 0 atom stereocenters. The largest absolute Gasteiger partial charge is 0.478 e. The standard InChI is InChI=1S/C8H5ClF3NO3/c9-5-1-4(7(15)16)2-13(6(5)14)3-8(10,11)12/h1-2H,3H2,(H,15,16). The Morgan fingerprint density at radius 2 is 2.06 bits per heavy atom. The average Bonchev–Trinajstić information content (AvgIpc) is 2.10. The van der Waals surface area contributed by atoms with Crippen LogP contribution in [0.4, 0.5) is 13.2 Å². The van der Waals surface area contributed by atoms with Gasteiger partial charge in [-0.15, -0.1) is 0 Å². The summed E-state index contributed by atoms with van der Waals surface area (Å²) in [5.41, 5.74) is -1.56. The molecule has 0 aromatic carbocycles. The molecule has 1 heterocycles. The Labute approximate surface area is 91.9 Å². The summed E-state index contributed by atoms with van der Waals surface area (Å²) in [5.74, 6) is -1.46. The smallest absolute Gasteiger partial charge is 0.406 e. The van der Waals surface area contributed by atoms with Gasteiger partial charge in [0.1, 0.15) is 11.6 Å². The molecule has 88 valence electrons. The van der Waals surface area contributed by atoms with Gasteiger partial charge in [-0.2, -0.15) is 13.2 Å². The predicted molar refractivity (Wildman–Crippen MR) is 48.7 cm³/mol. The van der Waals surface area contributed by atoms with Crippen LogP contribution in [0.2, 0.25) is 5.02 Å². The van der Waals surface area contributed by atoms with Gasteiger partial charge >= 0.3 is 12.1 Å². The number of rotatable bonds is 2. The molecular formula is C8H5ClF3NO3. The first kappa shape index (κ1) is 12.6. The molecular weight excluding hydrogens is 251 g/mol. The molecule has 8 heteroatoms. The maximum absolute atomic E-state index is 12.0. The molecule has 1 rings (SSSR count). The summed E-state index contributed by atoms with van der Waals surface area (Å²) in [7, 11) is 0. The van der Waals surface area contributed by atoms with E-state index in [9.17, 15) is 22.8 Å². The number of hydrogen-bond donors (Lipinski definition) is 1. The molecule has 1 N–H and O–H groups in total. The summed E-state index contributed by atoms with van der Waals surface area (Å²) in [6.07, 6.45) is -4.02. The summed E-state index contributed by atoms with van der Waals surface area (Å²) < 4.78 is 36.3. The summed E-state index contributed by atoms with van der Waals surface area (Å²) in [6.45, 7) is -1.58. The third-order valence-electron chi connectivity index (χ3n) is 1.64. The normalized spacial score (nSPS) is 11.5. The number of carboxylic acids is 1. The summed E-state index contributed by atoms with van der Waals surface area (Å²) in [6, 6.07) is 0.805. The lowest BCUT2D eigenvalue weighted by Crippen LogP contribution is -2.28. The predicted octanol–water partition coefficient (Wildman–Crippen LogP) is 1.76. The fourth-order valence-corrected chi connectivity index (χ4v) is 1.25. The second-order valence-corrected chi connectivity index (χ2v) is 3.34. The van der Waals surface area contributed by atoms with E-state index in [0.717, 1.165) is 6.07 Å². The molecule has 1 aromatic heterocycles. The van der Waals surface area contributed by atoms with E-state index in [-0.39, 0.29) is 4.57 Å². The number of alkyl halides is 3. The number of halogens is 4. The molecule has 0 bridgehead atoms. The van der Waals surface area contributed by atoms with E-state index >= 15 is 0 Å². The van der Waals surface area contributed by atoms with Crippen molar-refractivity contribution in [1.29, 1.82) is 0 Å². The molecule has 0 spiro atoms. The average molecular weight is 256 g/mol. The second-order valence-electron chi connectivity index (χ2n) is 2.93. The first-order valence-electron chi connectivity index (χ1n) is 3.91. The Hall–Kier alpha value is -1.50. The van der Waals surface area contributed by atoms with Crippen molar-refractivity contribution in [3.05, 3.63) is 33.2 Å². The summed E-state index contributed by atoms with van der Waals surface area (Å²) in [5, 5.41) is 8.00. The van der Waals surface area contributed by atoms with Gasteiger partial charge in [0.15, 0.2) is 0 Å². The minimum atomic E-state index is -4.62. The van der Waals surface area contributed by atoms with Crippen molar-refractivity contribution in [3.8, 4) is 0 Å². The van der Waals surface area contributed by atoms with E-state index in [2.05, 4.69) is 0 Å². The van der Waals surface area contributed by atoms with Gasteiger partial charge < -0.3 is 9.67 Å². The van der Waals surface area contributed by atoms with Gasteiger partial charge in [0, 0.05) is 6.20 Å². The minimum Gasteiger partial charge on any atom is -0.478 e. The van der Waals surface area contributed by atoms with E-state index in [1.54, 1.807) is 0 Å². The van der Waals surface area contributed by atoms with Crippen LogP contribution in [0, 0.1) is 0 Å². The molecule has 0 amide bonds. The number of aromatic nitrogens is 1. The lowest BCUT2D eigenvalue weighted by molar-refractivity contribution is -0.141. The zero-order valence-corrected chi connectivity index (χ0v) is 8.34. The van der Waals surface area contributed by atoms with Crippen LogP contribution in [-0.2, 0) is 6.54 Å². The fourth-order valence-electron chi connectivity index (χ4n) is 1.03. The van der Waals surface area contributed by atoms with E-state index < -0.39 is 34.8 Å². The molecule has 1 aromatic rings. The van der Waals surface area contributed by atoms with E-state index in [4.69, 9.17) is 16.7 Å². The SMILES string of the molecule is O=C(O)c1cc(Cl)c(=O)n(CC(F)(F)F)c1. The Balaban J connectivity index is 3.28. The van der Waals surface area contributed by atoms with Crippen molar-refractivity contribution in [1.82, 2.24) is 4.57 Å². The van der Waals surface area contributed by atoms with Gasteiger partial charge in [-0.3, -0.25) is 4.79 Å². The number of carbonyl (C=O) groups is 1. The number of aromatic carboxylic acids is 1. The van der Waals surface area contributed by atoms with Crippen LogP contribution in [0.25, 0.3) is 0 Å². The second kappa shape index (κ2) is 4.17. The van der Waals surface area contributed by atoms with Crippen LogP contribution in [0.15, 0.2) is 17.1 Å². The van der Waals surface area contributed by atoms with Gasteiger partial charge in [-0.1, -0.05) is 11.6 Å². The molecule has 0 unspecified atom stereocenters. The monoisotopic (exact) mass is 255 g/mol. The minimum absolute atomic E-state index is 0.214. The van der Waals surface area contributed by atoms with Gasteiger partial charge in [0.2, 0.25) is 0 Å². The van der Waals surface area contributed by atoms with E-state index in [0.29, 0.717) is 6.20 Å².